The summed E-state index contributed by atoms with van der Waals surface area (Å²) >= 11 is 1.87. The van der Waals surface area contributed by atoms with Gasteiger partial charge in [-0.05, 0) is 30.2 Å². The average molecular weight is 191 g/mol. The highest BCUT2D eigenvalue weighted by Gasteiger charge is 2.10. The topological polar surface area (TPSA) is 12.4 Å². The van der Waals surface area contributed by atoms with E-state index in [4.69, 9.17) is 0 Å². The Balaban J connectivity index is 2.28. The highest BCUT2D eigenvalue weighted by atomic mass is 32.2. The Bertz CT molecular complexity index is 331. The molecule has 0 unspecified atom stereocenters. The SMILES string of the molecule is CCSC1=Nc2ccccc2CC1. The number of thioether (sulfide) groups is 1. The molecule has 1 heterocycles. The lowest BCUT2D eigenvalue weighted by Gasteiger charge is -2.13. The zero-order chi connectivity index (χ0) is 9.10. The first-order valence-corrected chi connectivity index (χ1v) is 5.67. The third-order valence-corrected chi connectivity index (χ3v) is 3.07. The summed E-state index contributed by atoms with van der Waals surface area (Å²) in [7, 11) is 0. The second kappa shape index (κ2) is 3.97. The molecular weight excluding hydrogens is 178 g/mol. The van der Waals surface area contributed by atoms with E-state index in [0.717, 1.165) is 18.6 Å². The Hall–Kier alpha value is -0.760. The number of fused-ring (bicyclic) bond motifs is 1. The highest BCUT2D eigenvalue weighted by molar-refractivity contribution is 8.13. The molecule has 2 rings (SSSR count). The van der Waals surface area contributed by atoms with Crippen LogP contribution in [0.3, 0.4) is 0 Å². The molecule has 0 N–H and O–H groups in total. The second-order valence-electron chi connectivity index (χ2n) is 3.07. The molecule has 0 amide bonds. The fourth-order valence-corrected chi connectivity index (χ4v) is 2.28. The van der Waals surface area contributed by atoms with Crippen LogP contribution in [0.5, 0.6) is 0 Å². The van der Waals surface area contributed by atoms with Gasteiger partial charge < -0.3 is 0 Å². The van der Waals surface area contributed by atoms with Crippen molar-refractivity contribution in [3.63, 3.8) is 0 Å². The Labute approximate surface area is 83.3 Å². The van der Waals surface area contributed by atoms with Crippen LogP contribution >= 0.6 is 11.8 Å². The van der Waals surface area contributed by atoms with Crippen molar-refractivity contribution in [1.82, 2.24) is 0 Å². The first-order chi connectivity index (χ1) is 6.40. The van der Waals surface area contributed by atoms with E-state index in [1.807, 2.05) is 11.8 Å². The summed E-state index contributed by atoms with van der Waals surface area (Å²) in [5, 5.41) is 1.29. The number of nitrogens with zero attached hydrogens (tertiary/aromatic N) is 1. The third-order valence-electron chi connectivity index (χ3n) is 2.16. The fourth-order valence-electron chi connectivity index (χ4n) is 1.53. The zero-order valence-electron chi connectivity index (χ0n) is 7.79. The van der Waals surface area contributed by atoms with Crippen molar-refractivity contribution in [2.24, 2.45) is 4.99 Å². The van der Waals surface area contributed by atoms with Gasteiger partial charge in [0.15, 0.2) is 0 Å². The molecule has 0 aliphatic carbocycles. The van der Waals surface area contributed by atoms with Crippen molar-refractivity contribution in [2.75, 3.05) is 5.75 Å². The standard InChI is InChI=1S/C11H13NS/c1-2-13-11-8-7-9-5-3-4-6-10(9)12-11/h3-6H,2,7-8H2,1H3. The van der Waals surface area contributed by atoms with Crippen molar-refractivity contribution in [3.8, 4) is 0 Å². The minimum absolute atomic E-state index is 1.12. The van der Waals surface area contributed by atoms with Crippen LogP contribution in [0.25, 0.3) is 0 Å². The molecule has 1 nitrogen and oxygen atoms in total. The van der Waals surface area contributed by atoms with Crippen LogP contribution in [0.2, 0.25) is 0 Å². The molecule has 0 fully saturated rings. The van der Waals surface area contributed by atoms with Crippen molar-refractivity contribution in [1.29, 1.82) is 0 Å². The second-order valence-corrected chi connectivity index (χ2v) is 4.40. The molecule has 0 saturated heterocycles. The smallest absolute Gasteiger partial charge is 0.0741 e. The molecule has 13 heavy (non-hydrogen) atoms. The van der Waals surface area contributed by atoms with Gasteiger partial charge >= 0.3 is 0 Å². The van der Waals surface area contributed by atoms with Gasteiger partial charge in [0, 0.05) is 0 Å². The molecule has 0 spiro atoms. The normalized spacial score (nSPS) is 15.0. The summed E-state index contributed by atoms with van der Waals surface area (Å²) < 4.78 is 0. The number of aliphatic imine (C=N–C) groups is 1. The van der Waals surface area contributed by atoms with Gasteiger partial charge in [0.1, 0.15) is 0 Å². The monoisotopic (exact) mass is 191 g/mol. The summed E-state index contributed by atoms with van der Waals surface area (Å²) in [6.07, 6.45) is 2.28. The predicted molar refractivity (Wildman–Crippen MR) is 60.0 cm³/mol. The molecule has 0 aromatic heterocycles. The molecule has 0 saturated carbocycles. The molecular formula is C11H13NS. The number of aryl methyl sites for hydroxylation is 1. The third kappa shape index (κ3) is 1.94. The predicted octanol–water partition coefficient (Wildman–Crippen LogP) is 3.42. The highest BCUT2D eigenvalue weighted by Crippen LogP contribution is 2.28. The molecule has 0 atom stereocenters. The summed E-state index contributed by atoms with van der Waals surface area (Å²) in [5.74, 6) is 1.13. The van der Waals surface area contributed by atoms with E-state index >= 15 is 0 Å². The maximum absolute atomic E-state index is 4.61. The number of para-hydroxylation sites is 1. The Morgan fingerprint density at radius 3 is 3.00 bits per heavy atom. The zero-order valence-corrected chi connectivity index (χ0v) is 8.60. The number of rotatable bonds is 1. The number of hydrogen-bond acceptors (Lipinski definition) is 2. The van der Waals surface area contributed by atoms with Gasteiger partial charge in [-0.25, -0.2) is 4.99 Å². The van der Waals surface area contributed by atoms with Gasteiger partial charge in [0.2, 0.25) is 0 Å². The quantitative estimate of drug-likeness (QED) is 0.662. The fraction of sp³-hybridized carbons (Fsp3) is 0.364. The van der Waals surface area contributed by atoms with E-state index in [1.54, 1.807) is 0 Å². The van der Waals surface area contributed by atoms with Crippen LogP contribution in [0.1, 0.15) is 18.9 Å². The first-order valence-electron chi connectivity index (χ1n) is 4.68. The number of benzene rings is 1. The Morgan fingerprint density at radius 1 is 1.31 bits per heavy atom. The number of hydrogen-bond donors (Lipinski definition) is 0. The van der Waals surface area contributed by atoms with E-state index in [-0.39, 0.29) is 0 Å². The largest absolute Gasteiger partial charge is 0.246 e. The van der Waals surface area contributed by atoms with Crippen molar-refractivity contribution >= 4 is 22.5 Å². The van der Waals surface area contributed by atoms with Crippen molar-refractivity contribution < 1.29 is 0 Å². The molecule has 1 aromatic carbocycles. The minimum Gasteiger partial charge on any atom is -0.246 e. The van der Waals surface area contributed by atoms with Crippen molar-refractivity contribution in [3.05, 3.63) is 29.8 Å². The molecule has 1 aliphatic heterocycles. The Morgan fingerprint density at radius 2 is 2.15 bits per heavy atom. The van der Waals surface area contributed by atoms with Crippen molar-refractivity contribution in [2.45, 2.75) is 19.8 Å². The van der Waals surface area contributed by atoms with Gasteiger partial charge in [0.25, 0.3) is 0 Å². The van der Waals surface area contributed by atoms with Crippen LogP contribution in [-0.2, 0) is 6.42 Å². The van der Waals surface area contributed by atoms with Crippen LogP contribution < -0.4 is 0 Å². The summed E-state index contributed by atoms with van der Waals surface area (Å²) in [6, 6.07) is 8.42. The molecule has 0 radical (unpaired) electrons. The average Bonchev–Trinajstić information content (AvgIpc) is 2.18. The lowest BCUT2D eigenvalue weighted by molar-refractivity contribution is 1.02. The van der Waals surface area contributed by atoms with Gasteiger partial charge in [-0.15, -0.1) is 11.8 Å². The lowest BCUT2D eigenvalue weighted by Crippen LogP contribution is -2.02. The maximum atomic E-state index is 4.61. The molecule has 2 heteroatoms. The van der Waals surface area contributed by atoms with E-state index < -0.39 is 0 Å². The van der Waals surface area contributed by atoms with E-state index in [2.05, 4.69) is 36.2 Å². The lowest BCUT2D eigenvalue weighted by atomic mass is 10.1. The van der Waals surface area contributed by atoms with Gasteiger partial charge in [-0.2, -0.15) is 0 Å². The van der Waals surface area contributed by atoms with E-state index in [1.165, 1.54) is 16.3 Å². The first kappa shape index (κ1) is 8.82. The van der Waals surface area contributed by atoms with Gasteiger partial charge in [-0.1, -0.05) is 25.1 Å². The summed E-state index contributed by atoms with van der Waals surface area (Å²) in [5.41, 5.74) is 2.56. The minimum atomic E-state index is 1.12. The Kier molecular flexibility index (Phi) is 2.69. The van der Waals surface area contributed by atoms with Crippen LogP contribution in [0, 0.1) is 0 Å². The maximum Gasteiger partial charge on any atom is 0.0741 e. The van der Waals surface area contributed by atoms with Gasteiger partial charge in [0.05, 0.1) is 10.7 Å². The molecule has 68 valence electrons. The molecule has 1 aromatic rings. The molecule has 0 bridgehead atoms. The summed E-state index contributed by atoms with van der Waals surface area (Å²) in [4.78, 5) is 4.61. The van der Waals surface area contributed by atoms with E-state index in [9.17, 15) is 0 Å². The summed E-state index contributed by atoms with van der Waals surface area (Å²) in [6.45, 7) is 2.17. The van der Waals surface area contributed by atoms with Gasteiger partial charge in [-0.3, -0.25) is 0 Å². The van der Waals surface area contributed by atoms with Crippen LogP contribution in [0.15, 0.2) is 29.3 Å². The van der Waals surface area contributed by atoms with Crippen LogP contribution in [-0.4, -0.2) is 10.8 Å². The molecule has 1 aliphatic rings. The van der Waals surface area contributed by atoms with E-state index in [0.29, 0.717) is 0 Å². The van der Waals surface area contributed by atoms with Crippen LogP contribution in [0.4, 0.5) is 5.69 Å².